The van der Waals surface area contributed by atoms with Crippen molar-refractivity contribution in [3.63, 3.8) is 0 Å². The van der Waals surface area contributed by atoms with Gasteiger partial charge in [-0.1, -0.05) is 77.1 Å². The maximum absolute atomic E-state index is 12.4. The molecule has 0 spiro atoms. The van der Waals surface area contributed by atoms with E-state index in [0.717, 1.165) is 12.8 Å². The summed E-state index contributed by atoms with van der Waals surface area (Å²) in [4.78, 5) is 0.224. The molecular formula is C23H32O3S. The number of hydrogen-bond donors (Lipinski definition) is 0. The summed E-state index contributed by atoms with van der Waals surface area (Å²) in [6.45, 7) is 10.4. The zero-order valence-corrected chi connectivity index (χ0v) is 17.9. The number of hydrogen-bond acceptors (Lipinski definition) is 3. The normalized spacial score (nSPS) is 14.7. The van der Waals surface area contributed by atoms with E-state index in [9.17, 15) is 8.42 Å². The molecule has 0 N–H and O–H groups in total. The third-order valence-electron chi connectivity index (χ3n) is 4.79. The van der Waals surface area contributed by atoms with Crippen LogP contribution in [0.2, 0.25) is 0 Å². The summed E-state index contributed by atoms with van der Waals surface area (Å²) in [5.74, 6) is 0.849. The molecule has 0 saturated heterocycles. The molecule has 0 bridgehead atoms. The van der Waals surface area contributed by atoms with Crippen LogP contribution in [0.4, 0.5) is 0 Å². The highest BCUT2D eigenvalue weighted by atomic mass is 32.2. The van der Waals surface area contributed by atoms with Crippen LogP contribution in [-0.4, -0.2) is 15.0 Å². The number of rotatable bonds is 8. The van der Waals surface area contributed by atoms with E-state index < -0.39 is 10.1 Å². The molecule has 2 aromatic rings. The van der Waals surface area contributed by atoms with Gasteiger partial charge in [0.25, 0.3) is 10.1 Å². The summed E-state index contributed by atoms with van der Waals surface area (Å²) < 4.78 is 29.9. The monoisotopic (exact) mass is 388 g/mol. The highest BCUT2D eigenvalue weighted by Gasteiger charge is 2.21. The summed E-state index contributed by atoms with van der Waals surface area (Å²) in [6, 6.07) is 17.7. The lowest BCUT2D eigenvalue weighted by atomic mass is 9.85. The van der Waals surface area contributed by atoms with Gasteiger partial charge < -0.3 is 0 Å². The first-order chi connectivity index (χ1) is 12.6. The molecule has 2 atom stereocenters. The molecule has 2 unspecified atom stereocenters. The van der Waals surface area contributed by atoms with E-state index in [4.69, 9.17) is 4.18 Å². The van der Waals surface area contributed by atoms with Gasteiger partial charge in [0.15, 0.2) is 0 Å². The zero-order valence-electron chi connectivity index (χ0n) is 17.1. The molecule has 0 aliphatic heterocycles. The molecule has 0 amide bonds. The Morgan fingerprint density at radius 1 is 0.926 bits per heavy atom. The van der Waals surface area contributed by atoms with Crippen LogP contribution in [0.3, 0.4) is 0 Å². The average Bonchev–Trinajstić information content (AvgIpc) is 2.65. The summed E-state index contributed by atoms with van der Waals surface area (Å²) in [7, 11) is -3.71. The van der Waals surface area contributed by atoms with E-state index >= 15 is 0 Å². The molecular weight excluding hydrogens is 356 g/mol. The van der Waals surface area contributed by atoms with Crippen LogP contribution >= 0.6 is 0 Å². The van der Waals surface area contributed by atoms with E-state index in [-0.39, 0.29) is 16.9 Å². The Bertz CT molecular complexity index is 803. The van der Waals surface area contributed by atoms with Crippen LogP contribution in [0.1, 0.15) is 70.4 Å². The molecule has 0 saturated carbocycles. The van der Waals surface area contributed by atoms with Crippen molar-refractivity contribution in [3.05, 3.63) is 65.7 Å². The van der Waals surface area contributed by atoms with Crippen molar-refractivity contribution in [3.8, 4) is 0 Å². The molecule has 0 fully saturated rings. The third kappa shape index (κ3) is 6.47. The van der Waals surface area contributed by atoms with Gasteiger partial charge in [0.05, 0.1) is 11.5 Å². The third-order valence-corrected chi connectivity index (χ3v) is 6.06. The van der Waals surface area contributed by atoms with Crippen molar-refractivity contribution < 1.29 is 12.6 Å². The predicted molar refractivity (Wildman–Crippen MR) is 112 cm³/mol. The van der Waals surface area contributed by atoms with Gasteiger partial charge in [0, 0.05) is 0 Å². The zero-order chi connectivity index (χ0) is 20.1. The van der Waals surface area contributed by atoms with E-state index in [1.165, 1.54) is 11.1 Å². The molecule has 27 heavy (non-hydrogen) atoms. The highest BCUT2D eigenvalue weighted by molar-refractivity contribution is 7.86. The van der Waals surface area contributed by atoms with Gasteiger partial charge in [-0.2, -0.15) is 8.42 Å². The fourth-order valence-corrected chi connectivity index (χ4v) is 4.23. The van der Waals surface area contributed by atoms with Gasteiger partial charge in [-0.3, -0.25) is 4.18 Å². The van der Waals surface area contributed by atoms with Crippen molar-refractivity contribution in [2.45, 2.75) is 64.2 Å². The second-order valence-corrected chi connectivity index (χ2v) is 10.1. The molecule has 2 rings (SSSR count). The Hall–Kier alpha value is -1.65. The Morgan fingerprint density at radius 2 is 1.52 bits per heavy atom. The Morgan fingerprint density at radius 3 is 2.04 bits per heavy atom. The average molecular weight is 389 g/mol. The first kappa shape index (κ1) is 21.6. The van der Waals surface area contributed by atoms with Crippen molar-refractivity contribution >= 4 is 10.1 Å². The van der Waals surface area contributed by atoms with Gasteiger partial charge in [-0.15, -0.1) is 0 Å². The summed E-state index contributed by atoms with van der Waals surface area (Å²) in [5, 5.41) is 0. The van der Waals surface area contributed by atoms with Crippen molar-refractivity contribution in [1.82, 2.24) is 0 Å². The summed E-state index contributed by atoms with van der Waals surface area (Å²) in [5.41, 5.74) is 2.31. The molecule has 0 aromatic heterocycles. The molecule has 2 aromatic carbocycles. The molecule has 0 radical (unpaired) electrons. The molecule has 148 valence electrons. The standard InChI is InChI=1S/C23H32O3S/c1-6-19(16-18(2)20-10-8-7-9-11-20)21-12-14-22(15-13-21)27(24,25)26-17-23(3,4)5/h7-15,18-19H,6,16-17H2,1-5H3. The smallest absolute Gasteiger partial charge is 0.266 e. The second-order valence-electron chi connectivity index (χ2n) is 8.50. The van der Waals surface area contributed by atoms with Crippen molar-refractivity contribution in [2.75, 3.05) is 6.61 Å². The maximum atomic E-state index is 12.4. The van der Waals surface area contributed by atoms with Crippen LogP contribution in [0.25, 0.3) is 0 Å². The van der Waals surface area contributed by atoms with Gasteiger partial charge in [-0.25, -0.2) is 0 Å². The van der Waals surface area contributed by atoms with E-state index in [1.807, 2.05) is 39.0 Å². The minimum atomic E-state index is -3.71. The van der Waals surface area contributed by atoms with Crippen molar-refractivity contribution in [1.29, 1.82) is 0 Å². The van der Waals surface area contributed by atoms with Crippen LogP contribution in [0.15, 0.2) is 59.5 Å². The van der Waals surface area contributed by atoms with E-state index in [0.29, 0.717) is 11.8 Å². The van der Waals surface area contributed by atoms with E-state index in [2.05, 4.69) is 38.1 Å². The van der Waals surface area contributed by atoms with Crippen LogP contribution in [0, 0.1) is 5.41 Å². The van der Waals surface area contributed by atoms with Crippen LogP contribution in [-0.2, 0) is 14.3 Å². The largest absolute Gasteiger partial charge is 0.296 e. The fourth-order valence-electron chi connectivity index (χ4n) is 3.11. The van der Waals surface area contributed by atoms with Crippen LogP contribution < -0.4 is 0 Å². The minimum absolute atomic E-state index is 0.170. The fraction of sp³-hybridized carbons (Fsp3) is 0.478. The second kappa shape index (κ2) is 9.03. The predicted octanol–water partition coefficient (Wildman–Crippen LogP) is 6.13. The first-order valence-electron chi connectivity index (χ1n) is 9.66. The highest BCUT2D eigenvalue weighted by Crippen LogP contribution is 2.32. The van der Waals surface area contributed by atoms with Crippen LogP contribution in [0.5, 0.6) is 0 Å². The van der Waals surface area contributed by atoms with Gasteiger partial charge in [0.2, 0.25) is 0 Å². The molecule has 4 heteroatoms. The maximum Gasteiger partial charge on any atom is 0.296 e. The Labute approximate surface area is 164 Å². The summed E-state index contributed by atoms with van der Waals surface area (Å²) >= 11 is 0. The molecule has 0 aliphatic rings. The minimum Gasteiger partial charge on any atom is -0.266 e. The van der Waals surface area contributed by atoms with Gasteiger partial charge in [0.1, 0.15) is 0 Å². The molecule has 3 nitrogen and oxygen atoms in total. The lowest BCUT2D eigenvalue weighted by molar-refractivity contribution is 0.203. The molecule has 0 aliphatic carbocycles. The van der Waals surface area contributed by atoms with E-state index in [1.54, 1.807) is 12.1 Å². The Kier molecular flexibility index (Phi) is 7.24. The lowest BCUT2D eigenvalue weighted by Gasteiger charge is -2.21. The first-order valence-corrected chi connectivity index (χ1v) is 11.1. The SMILES string of the molecule is CCC(CC(C)c1ccccc1)c1ccc(S(=O)(=O)OCC(C)(C)C)cc1. The van der Waals surface area contributed by atoms with Crippen molar-refractivity contribution in [2.24, 2.45) is 5.41 Å². The Balaban J connectivity index is 2.10. The van der Waals surface area contributed by atoms with Gasteiger partial charge in [-0.05, 0) is 53.4 Å². The van der Waals surface area contributed by atoms with Gasteiger partial charge >= 0.3 is 0 Å². The number of benzene rings is 2. The summed E-state index contributed by atoms with van der Waals surface area (Å²) in [6.07, 6.45) is 2.05. The lowest BCUT2D eigenvalue weighted by Crippen LogP contribution is -2.18. The quantitative estimate of drug-likeness (QED) is 0.511. The topological polar surface area (TPSA) is 43.4 Å². The molecule has 0 heterocycles.